The van der Waals surface area contributed by atoms with Crippen LogP contribution < -0.4 is 10.9 Å². The highest BCUT2D eigenvalue weighted by molar-refractivity contribution is 5.76. The predicted octanol–water partition coefficient (Wildman–Crippen LogP) is 0.527. The molecule has 116 valence electrons. The first-order valence-corrected chi connectivity index (χ1v) is 6.97. The quantitative estimate of drug-likeness (QED) is 0.727. The Bertz CT molecular complexity index is 670. The number of carbonyl (C=O) groups excluding carboxylic acids is 1. The molecule has 0 saturated heterocycles. The van der Waals surface area contributed by atoms with Crippen LogP contribution in [0.5, 0.6) is 0 Å². The number of hydrogen-bond donors (Lipinski definition) is 2. The summed E-state index contributed by atoms with van der Waals surface area (Å²) >= 11 is 0. The van der Waals surface area contributed by atoms with Gasteiger partial charge in [-0.05, 0) is 0 Å². The normalized spacial score (nSPS) is 10.4. The van der Waals surface area contributed by atoms with Gasteiger partial charge in [0.1, 0.15) is 5.69 Å². The Labute approximate surface area is 127 Å². The second-order valence-electron chi connectivity index (χ2n) is 4.66. The van der Waals surface area contributed by atoms with Crippen LogP contribution in [0.2, 0.25) is 0 Å². The number of nitrogens with zero attached hydrogens (tertiary/aromatic N) is 2. The Hall–Kier alpha value is -2.54. The monoisotopic (exact) mass is 302 g/mol. The van der Waals surface area contributed by atoms with E-state index in [0.717, 1.165) is 5.56 Å². The standard InChI is InChI=1S/C15H18N4O3/c1-22-10-9-16-13(20)8-7-12-15(21)17-14(19-18-12)11-5-3-2-4-6-11/h2-6H,7-10H2,1H3,(H,16,20)(H,17,19,21). The first-order valence-electron chi connectivity index (χ1n) is 6.97. The zero-order valence-electron chi connectivity index (χ0n) is 12.3. The Morgan fingerprint density at radius 1 is 1.27 bits per heavy atom. The van der Waals surface area contributed by atoms with Crippen molar-refractivity contribution in [3.63, 3.8) is 0 Å². The van der Waals surface area contributed by atoms with Crippen LogP contribution in [0, 0.1) is 0 Å². The van der Waals surface area contributed by atoms with Crippen LogP contribution in [0.3, 0.4) is 0 Å². The number of aromatic nitrogens is 3. The van der Waals surface area contributed by atoms with Crippen LogP contribution in [0.4, 0.5) is 0 Å². The van der Waals surface area contributed by atoms with Crippen molar-refractivity contribution in [3.8, 4) is 11.4 Å². The van der Waals surface area contributed by atoms with E-state index >= 15 is 0 Å². The summed E-state index contributed by atoms with van der Waals surface area (Å²) in [6, 6.07) is 9.26. The van der Waals surface area contributed by atoms with Gasteiger partial charge < -0.3 is 15.0 Å². The highest BCUT2D eigenvalue weighted by Gasteiger charge is 2.09. The summed E-state index contributed by atoms with van der Waals surface area (Å²) < 4.78 is 4.84. The fourth-order valence-electron chi connectivity index (χ4n) is 1.86. The third-order valence-electron chi connectivity index (χ3n) is 3.03. The average Bonchev–Trinajstić information content (AvgIpc) is 2.55. The lowest BCUT2D eigenvalue weighted by Crippen LogP contribution is -2.28. The molecule has 0 aliphatic carbocycles. The van der Waals surface area contributed by atoms with Gasteiger partial charge >= 0.3 is 0 Å². The maximum atomic E-state index is 12.0. The minimum Gasteiger partial charge on any atom is -0.383 e. The molecule has 1 heterocycles. The van der Waals surface area contributed by atoms with Gasteiger partial charge in [0.25, 0.3) is 5.56 Å². The van der Waals surface area contributed by atoms with Gasteiger partial charge in [-0.1, -0.05) is 30.3 Å². The molecule has 0 aliphatic rings. The van der Waals surface area contributed by atoms with E-state index in [1.54, 1.807) is 7.11 Å². The van der Waals surface area contributed by atoms with Crippen LogP contribution in [0.1, 0.15) is 12.1 Å². The third kappa shape index (κ3) is 4.49. The maximum absolute atomic E-state index is 12.0. The second kappa shape index (κ2) is 8.04. The van der Waals surface area contributed by atoms with E-state index in [0.29, 0.717) is 19.0 Å². The number of ether oxygens (including phenoxy) is 1. The minimum absolute atomic E-state index is 0.148. The van der Waals surface area contributed by atoms with E-state index in [4.69, 9.17) is 4.74 Å². The van der Waals surface area contributed by atoms with Crippen molar-refractivity contribution in [2.45, 2.75) is 12.8 Å². The molecule has 0 radical (unpaired) electrons. The fraction of sp³-hybridized carbons (Fsp3) is 0.333. The number of nitrogens with one attached hydrogen (secondary N) is 2. The molecule has 2 N–H and O–H groups in total. The van der Waals surface area contributed by atoms with Gasteiger partial charge in [0.2, 0.25) is 5.91 Å². The molecule has 0 bridgehead atoms. The molecular formula is C15H18N4O3. The molecule has 7 nitrogen and oxygen atoms in total. The van der Waals surface area contributed by atoms with Crippen molar-refractivity contribution in [1.82, 2.24) is 20.5 Å². The zero-order valence-corrected chi connectivity index (χ0v) is 12.3. The number of carbonyl (C=O) groups is 1. The molecule has 2 aromatic rings. The van der Waals surface area contributed by atoms with Crippen LogP contribution in [-0.2, 0) is 16.0 Å². The summed E-state index contributed by atoms with van der Waals surface area (Å²) in [4.78, 5) is 26.2. The number of benzene rings is 1. The van der Waals surface area contributed by atoms with Crippen molar-refractivity contribution in [3.05, 3.63) is 46.4 Å². The molecule has 1 amide bonds. The van der Waals surface area contributed by atoms with Gasteiger partial charge in [-0.25, -0.2) is 0 Å². The second-order valence-corrected chi connectivity index (χ2v) is 4.66. The molecular weight excluding hydrogens is 284 g/mol. The highest BCUT2D eigenvalue weighted by atomic mass is 16.5. The van der Waals surface area contributed by atoms with E-state index in [-0.39, 0.29) is 30.0 Å². The molecule has 1 aromatic heterocycles. The summed E-state index contributed by atoms with van der Waals surface area (Å²) in [6.45, 7) is 0.905. The maximum Gasteiger partial charge on any atom is 0.273 e. The van der Waals surface area contributed by atoms with Crippen LogP contribution in [-0.4, -0.2) is 41.3 Å². The molecule has 1 aromatic carbocycles. The van der Waals surface area contributed by atoms with Crippen LogP contribution >= 0.6 is 0 Å². The number of hydrogen-bond acceptors (Lipinski definition) is 5. The molecule has 7 heteroatoms. The first kappa shape index (κ1) is 15.8. The van der Waals surface area contributed by atoms with Gasteiger partial charge in [-0.3, -0.25) is 9.59 Å². The molecule has 2 rings (SSSR count). The summed E-state index contributed by atoms with van der Waals surface area (Å²) in [6.07, 6.45) is 0.433. The largest absolute Gasteiger partial charge is 0.383 e. The number of aromatic amines is 1. The topological polar surface area (TPSA) is 97.0 Å². The lowest BCUT2D eigenvalue weighted by molar-refractivity contribution is -0.121. The molecule has 0 atom stereocenters. The van der Waals surface area contributed by atoms with Gasteiger partial charge in [0.15, 0.2) is 5.82 Å². The SMILES string of the molecule is COCCNC(=O)CCc1nnc(-c2ccccc2)[nH]c1=O. The third-order valence-corrected chi connectivity index (χ3v) is 3.03. The van der Waals surface area contributed by atoms with E-state index in [1.165, 1.54) is 0 Å². The summed E-state index contributed by atoms with van der Waals surface area (Å²) in [5.74, 6) is 0.268. The van der Waals surface area contributed by atoms with Crippen molar-refractivity contribution in [2.24, 2.45) is 0 Å². The van der Waals surface area contributed by atoms with Gasteiger partial charge in [0, 0.05) is 32.1 Å². The van der Waals surface area contributed by atoms with Crippen molar-refractivity contribution in [2.75, 3.05) is 20.3 Å². The lowest BCUT2D eigenvalue weighted by Gasteiger charge is -2.04. The Morgan fingerprint density at radius 2 is 2.05 bits per heavy atom. The minimum atomic E-state index is -0.321. The fourth-order valence-corrected chi connectivity index (χ4v) is 1.86. The predicted molar refractivity (Wildman–Crippen MR) is 81.3 cm³/mol. The van der Waals surface area contributed by atoms with E-state index in [2.05, 4.69) is 20.5 Å². The molecule has 0 aliphatic heterocycles. The number of methoxy groups -OCH3 is 1. The van der Waals surface area contributed by atoms with E-state index in [9.17, 15) is 9.59 Å². The van der Waals surface area contributed by atoms with Crippen molar-refractivity contribution < 1.29 is 9.53 Å². The molecule has 0 fully saturated rings. The number of amides is 1. The zero-order chi connectivity index (χ0) is 15.8. The van der Waals surface area contributed by atoms with E-state index in [1.807, 2.05) is 30.3 Å². The van der Waals surface area contributed by atoms with Crippen LogP contribution in [0.25, 0.3) is 11.4 Å². The summed E-state index contributed by atoms with van der Waals surface area (Å²) in [5.41, 5.74) is 0.719. The first-order chi connectivity index (χ1) is 10.7. The molecule has 0 saturated carbocycles. The lowest BCUT2D eigenvalue weighted by atomic mass is 10.2. The molecule has 0 unspecified atom stereocenters. The summed E-state index contributed by atoms with van der Waals surface area (Å²) in [5, 5.41) is 10.6. The highest BCUT2D eigenvalue weighted by Crippen LogP contribution is 2.10. The Balaban J connectivity index is 1.96. The van der Waals surface area contributed by atoms with Crippen molar-refractivity contribution in [1.29, 1.82) is 0 Å². The Morgan fingerprint density at radius 3 is 2.73 bits per heavy atom. The van der Waals surface area contributed by atoms with Gasteiger partial charge in [0.05, 0.1) is 6.61 Å². The number of rotatable bonds is 7. The number of aryl methyl sites for hydroxylation is 1. The van der Waals surface area contributed by atoms with Crippen LogP contribution in [0.15, 0.2) is 35.1 Å². The molecule has 22 heavy (non-hydrogen) atoms. The average molecular weight is 302 g/mol. The Kier molecular flexibility index (Phi) is 5.79. The summed E-state index contributed by atoms with van der Waals surface area (Å²) in [7, 11) is 1.57. The smallest absolute Gasteiger partial charge is 0.273 e. The molecule has 0 spiro atoms. The number of H-pyrrole nitrogens is 1. The van der Waals surface area contributed by atoms with E-state index < -0.39 is 0 Å². The van der Waals surface area contributed by atoms with Crippen molar-refractivity contribution >= 4 is 5.91 Å². The van der Waals surface area contributed by atoms with Gasteiger partial charge in [-0.2, -0.15) is 0 Å². The van der Waals surface area contributed by atoms with Gasteiger partial charge in [-0.15, -0.1) is 10.2 Å².